The summed E-state index contributed by atoms with van der Waals surface area (Å²) in [5.41, 5.74) is 5.56. The van der Waals surface area contributed by atoms with Gasteiger partial charge in [-0.25, -0.2) is 0 Å². The largest absolute Gasteiger partial charge is 0.497 e. The Morgan fingerprint density at radius 3 is 1.36 bits per heavy atom. The van der Waals surface area contributed by atoms with Gasteiger partial charge in [-0.15, -0.1) is 0 Å². The highest BCUT2D eigenvalue weighted by Gasteiger charge is 2.14. The second-order valence-corrected chi connectivity index (χ2v) is 5.23. The third kappa shape index (κ3) is 2.93. The minimum atomic E-state index is -0.0497. The quantitative estimate of drug-likeness (QED) is 0.891. The van der Waals surface area contributed by atoms with Crippen molar-refractivity contribution in [1.29, 1.82) is 0 Å². The number of hydrogen-bond donors (Lipinski definition) is 2. The maximum absolute atomic E-state index is 9.56. The molecule has 2 aromatic carbocycles. The maximum Gasteiger partial charge on any atom is 0.119 e. The van der Waals surface area contributed by atoms with E-state index in [1.165, 1.54) is 0 Å². The van der Waals surface area contributed by atoms with Gasteiger partial charge in [-0.3, -0.25) is 0 Å². The fraction of sp³-hybridized carbons (Fsp3) is 0.333. The van der Waals surface area contributed by atoms with Crippen molar-refractivity contribution in [2.24, 2.45) is 0 Å². The highest BCUT2D eigenvalue weighted by atomic mass is 16.5. The second-order valence-electron chi connectivity index (χ2n) is 5.23. The SMILES string of the molecule is COc1cc(CO)c(C)c(-c2cc(OC)cc(CO)c2C)c1. The molecule has 0 amide bonds. The van der Waals surface area contributed by atoms with E-state index < -0.39 is 0 Å². The van der Waals surface area contributed by atoms with Crippen molar-refractivity contribution in [2.75, 3.05) is 14.2 Å². The molecule has 0 spiro atoms. The van der Waals surface area contributed by atoms with Crippen molar-refractivity contribution in [1.82, 2.24) is 0 Å². The summed E-state index contributed by atoms with van der Waals surface area (Å²) in [4.78, 5) is 0. The Kier molecular flexibility index (Phi) is 5.06. The van der Waals surface area contributed by atoms with Gasteiger partial charge in [0.1, 0.15) is 11.5 Å². The number of aliphatic hydroxyl groups excluding tert-OH is 2. The van der Waals surface area contributed by atoms with Crippen LogP contribution >= 0.6 is 0 Å². The Hall–Kier alpha value is -2.04. The van der Waals surface area contributed by atoms with Gasteiger partial charge >= 0.3 is 0 Å². The first kappa shape index (κ1) is 16.3. The number of hydrogen-bond acceptors (Lipinski definition) is 4. The van der Waals surface area contributed by atoms with Crippen molar-refractivity contribution < 1.29 is 19.7 Å². The molecule has 0 aromatic heterocycles. The molecule has 4 heteroatoms. The summed E-state index contributed by atoms with van der Waals surface area (Å²) in [6.07, 6.45) is 0. The van der Waals surface area contributed by atoms with E-state index in [0.29, 0.717) is 11.5 Å². The van der Waals surface area contributed by atoms with Crippen LogP contribution in [0, 0.1) is 13.8 Å². The second kappa shape index (κ2) is 6.81. The summed E-state index contributed by atoms with van der Waals surface area (Å²) < 4.78 is 10.7. The van der Waals surface area contributed by atoms with Crippen LogP contribution in [-0.4, -0.2) is 24.4 Å². The number of ether oxygens (including phenoxy) is 2. The zero-order chi connectivity index (χ0) is 16.3. The molecule has 0 fully saturated rings. The first-order valence-electron chi connectivity index (χ1n) is 7.12. The molecule has 0 aliphatic carbocycles. The van der Waals surface area contributed by atoms with Crippen LogP contribution in [0.1, 0.15) is 22.3 Å². The monoisotopic (exact) mass is 302 g/mol. The van der Waals surface area contributed by atoms with E-state index in [1.54, 1.807) is 14.2 Å². The first-order valence-corrected chi connectivity index (χ1v) is 7.12. The molecular formula is C18H22O4. The molecule has 118 valence electrons. The van der Waals surface area contributed by atoms with Gasteiger partial charge in [0.15, 0.2) is 0 Å². The van der Waals surface area contributed by atoms with Gasteiger partial charge in [0, 0.05) is 0 Å². The smallest absolute Gasteiger partial charge is 0.119 e. The van der Waals surface area contributed by atoms with Crippen LogP contribution in [0.15, 0.2) is 24.3 Å². The van der Waals surface area contributed by atoms with Crippen LogP contribution in [0.25, 0.3) is 11.1 Å². The molecule has 0 saturated carbocycles. The summed E-state index contributed by atoms with van der Waals surface area (Å²) >= 11 is 0. The van der Waals surface area contributed by atoms with Crippen molar-refractivity contribution in [3.05, 3.63) is 46.5 Å². The minimum Gasteiger partial charge on any atom is -0.497 e. The van der Waals surface area contributed by atoms with Crippen LogP contribution in [0.2, 0.25) is 0 Å². The van der Waals surface area contributed by atoms with Gasteiger partial charge in [-0.05, 0) is 71.5 Å². The lowest BCUT2D eigenvalue weighted by Gasteiger charge is -2.17. The fourth-order valence-corrected chi connectivity index (χ4v) is 2.61. The number of benzene rings is 2. The van der Waals surface area contributed by atoms with Gasteiger partial charge in [0.05, 0.1) is 27.4 Å². The van der Waals surface area contributed by atoms with Crippen LogP contribution in [0.3, 0.4) is 0 Å². The van der Waals surface area contributed by atoms with Crippen LogP contribution in [0.4, 0.5) is 0 Å². The molecular weight excluding hydrogens is 280 g/mol. The molecule has 0 aliphatic rings. The highest BCUT2D eigenvalue weighted by molar-refractivity contribution is 5.75. The summed E-state index contributed by atoms with van der Waals surface area (Å²) in [5.74, 6) is 1.38. The number of aliphatic hydroxyl groups is 2. The molecule has 2 aromatic rings. The van der Waals surface area contributed by atoms with E-state index in [9.17, 15) is 10.2 Å². The van der Waals surface area contributed by atoms with Crippen molar-refractivity contribution in [2.45, 2.75) is 27.1 Å². The Labute approximate surface area is 130 Å². The van der Waals surface area contributed by atoms with E-state index in [1.807, 2.05) is 38.1 Å². The van der Waals surface area contributed by atoms with E-state index in [4.69, 9.17) is 9.47 Å². The molecule has 0 heterocycles. The molecule has 22 heavy (non-hydrogen) atoms. The lowest BCUT2D eigenvalue weighted by molar-refractivity contribution is 0.280. The molecule has 0 bridgehead atoms. The Morgan fingerprint density at radius 2 is 1.09 bits per heavy atom. The van der Waals surface area contributed by atoms with Crippen molar-refractivity contribution in [3.8, 4) is 22.6 Å². The zero-order valence-electron chi connectivity index (χ0n) is 13.4. The molecule has 0 atom stereocenters. The summed E-state index contributed by atoms with van der Waals surface area (Å²) in [7, 11) is 3.21. The Morgan fingerprint density at radius 1 is 0.727 bits per heavy atom. The molecule has 0 radical (unpaired) electrons. The third-order valence-electron chi connectivity index (χ3n) is 4.08. The standard InChI is InChI=1S/C18H22O4/c1-11-13(9-19)5-15(21-3)7-17(11)18-8-16(22-4)6-14(10-20)12(18)2/h5-8,19-20H,9-10H2,1-4H3. The van der Waals surface area contributed by atoms with Gasteiger partial charge in [0.25, 0.3) is 0 Å². The van der Waals surface area contributed by atoms with Gasteiger partial charge in [0.2, 0.25) is 0 Å². The molecule has 4 nitrogen and oxygen atoms in total. The normalized spacial score (nSPS) is 10.6. The average molecular weight is 302 g/mol. The van der Waals surface area contributed by atoms with Crippen LogP contribution < -0.4 is 9.47 Å². The first-order chi connectivity index (χ1) is 10.5. The number of rotatable bonds is 5. The zero-order valence-corrected chi connectivity index (χ0v) is 13.4. The average Bonchev–Trinajstić information content (AvgIpc) is 2.55. The highest BCUT2D eigenvalue weighted by Crippen LogP contribution is 2.36. The van der Waals surface area contributed by atoms with E-state index in [2.05, 4.69) is 0 Å². The van der Waals surface area contributed by atoms with Gasteiger partial charge in [-0.1, -0.05) is 0 Å². The molecule has 0 unspecified atom stereocenters. The lowest BCUT2D eigenvalue weighted by Crippen LogP contribution is -1.99. The maximum atomic E-state index is 9.56. The topological polar surface area (TPSA) is 58.9 Å². The van der Waals surface area contributed by atoms with Gasteiger partial charge in [-0.2, -0.15) is 0 Å². The van der Waals surface area contributed by atoms with E-state index in [-0.39, 0.29) is 13.2 Å². The van der Waals surface area contributed by atoms with Crippen molar-refractivity contribution >= 4 is 0 Å². The summed E-state index contributed by atoms with van der Waals surface area (Å²) in [5, 5.41) is 19.1. The molecule has 0 saturated heterocycles. The fourth-order valence-electron chi connectivity index (χ4n) is 2.61. The van der Waals surface area contributed by atoms with Crippen molar-refractivity contribution in [3.63, 3.8) is 0 Å². The lowest BCUT2D eigenvalue weighted by atomic mass is 9.91. The van der Waals surface area contributed by atoms with E-state index >= 15 is 0 Å². The van der Waals surface area contributed by atoms with Crippen LogP contribution in [0.5, 0.6) is 11.5 Å². The van der Waals surface area contributed by atoms with E-state index in [0.717, 1.165) is 33.4 Å². The third-order valence-corrected chi connectivity index (χ3v) is 4.08. The minimum absolute atomic E-state index is 0.0497. The predicted octanol–water partition coefficient (Wildman–Crippen LogP) is 2.97. The van der Waals surface area contributed by atoms with Crippen LogP contribution in [-0.2, 0) is 13.2 Å². The Balaban J connectivity index is 2.75. The van der Waals surface area contributed by atoms with Gasteiger partial charge < -0.3 is 19.7 Å². The summed E-state index contributed by atoms with van der Waals surface area (Å²) in [6, 6.07) is 7.55. The molecule has 2 rings (SSSR count). The number of methoxy groups -OCH3 is 2. The Bertz CT molecular complexity index is 618. The molecule has 0 aliphatic heterocycles. The predicted molar refractivity (Wildman–Crippen MR) is 86.3 cm³/mol. The summed E-state index contributed by atoms with van der Waals surface area (Å²) in [6.45, 7) is 3.84. The molecule has 2 N–H and O–H groups in total.